The van der Waals surface area contributed by atoms with Gasteiger partial charge in [0.25, 0.3) is 11.2 Å². The van der Waals surface area contributed by atoms with Crippen molar-refractivity contribution >= 4 is 39.9 Å². The highest BCUT2D eigenvalue weighted by molar-refractivity contribution is 7.99. The van der Waals surface area contributed by atoms with Crippen LogP contribution < -0.4 is 10.9 Å². The minimum Gasteiger partial charge on any atom is -0.319 e. The van der Waals surface area contributed by atoms with E-state index in [1.807, 2.05) is 37.3 Å². The third-order valence-corrected chi connectivity index (χ3v) is 6.44. The summed E-state index contributed by atoms with van der Waals surface area (Å²) in [7, 11) is 0. The predicted molar refractivity (Wildman–Crippen MR) is 133 cm³/mol. The first kappa shape index (κ1) is 23.2. The predicted octanol–water partition coefficient (Wildman–Crippen LogP) is 4.95. The maximum atomic E-state index is 13.4. The minimum absolute atomic E-state index is 0.0716. The minimum atomic E-state index is -0.528. The van der Waals surface area contributed by atoms with Gasteiger partial charge in [0.15, 0.2) is 5.16 Å². The summed E-state index contributed by atoms with van der Waals surface area (Å²) < 4.78 is 1.59. The fourth-order valence-corrected chi connectivity index (χ4v) is 4.60. The summed E-state index contributed by atoms with van der Waals surface area (Å²) in [6, 6.07) is 21.0. The van der Waals surface area contributed by atoms with Gasteiger partial charge in [-0.15, -0.1) is 0 Å². The summed E-state index contributed by atoms with van der Waals surface area (Å²) in [4.78, 5) is 41.6. The van der Waals surface area contributed by atoms with E-state index in [0.29, 0.717) is 21.6 Å². The molecule has 0 aliphatic heterocycles. The van der Waals surface area contributed by atoms with Crippen molar-refractivity contribution in [1.29, 1.82) is 0 Å². The monoisotopic (exact) mass is 474 g/mol. The standard InChI is InChI=1S/C25H22N4O4S/c1-16-9-8-14-21(29(32)33)23(16)27-22(30)15-34-25-26-20-13-7-6-12-19(20)24(31)28(25)17(2)18-10-4-3-5-11-18/h3-14,17H,15H2,1-2H3,(H,27,30). The number of rotatable bonds is 7. The van der Waals surface area contributed by atoms with Crippen LogP contribution in [0.4, 0.5) is 11.4 Å². The molecule has 4 aromatic rings. The fourth-order valence-electron chi connectivity index (χ4n) is 3.72. The molecule has 8 nitrogen and oxygen atoms in total. The van der Waals surface area contributed by atoms with Crippen molar-refractivity contribution in [3.63, 3.8) is 0 Å². The molecule has 0 saturated carbocycles. The van der Waals surface area contributed by atoms with Crippen molar-refractivity contribution in [3.8, 4) is 0 Å². The molecule has 1 N–H and O–H groups in total. The number of benzene rings is 3. The van der Waals surface area contributed by atoms with Crippen LogP contribution in [-0.2, 0) is 4.79 Å². The molecular weight excluding hydrogens is 452 g/mol. The number of nitrogens with zero attached hydrogens (tertiary/aromatic N) is 3. The smallest absolute Gasteiger partial charge is 0.293 e. The molecule has 0 bridgehead atoms. The van der Waals surface area contributed by atoms with Gasteiger partial charge < -0.3 is 5.32 Å². The van der Waals surface area contributed by atoms with Gasteiger partial charge in [0.1, 0.15) is 5.69 Å². The van der Waals surface area contributed by atoms with Crippen LogP contribution in [0, 0.1) is 17.0 Å². The van der Waals surface area contributed by atoms with Crippen molar-refractivity contribution in [2.24, 2.45) is 0 Å². The number of para-hydroxylation sites is 2. The summed E-state index contributed by atoms with van der Waals surface area (Å²) >= 11 is 1.12. The van der Waals surface area contributed by atoms with Crippen LogP contribution in [0.5, 0.6) is 0 Å². The normalized spacial score (nSPS) is 11.8. The number of thioether (sulfide) groups is 1. The van der Waals surface area contributed by atoms with Crippen LogP contribution in [0.2, 0.25) is 0 Å². The van der Waals surface area contributed by atoms with Crippen LogP contribution in [0.25, 0.3) is 10.9 Å². The topological polar surface area (TPSA) is 107 Å². The van der Waals surface area contributed by atoms with Crippen LogP contribution in [0.3, 0.4) is 0 Å². The molecule has 1 unspecified atom stereocenters. The van der Waals surface area contributed by atoms with Gasteiger partial charge in [-0.25, -0.2) is 4.98 Å². The van der Waals surface area contributed by atoms with Crippen molar-refractivity contribution in [3.05, 3.63) is 104 Å². The van der Waals surface area contributed by atoms with Crippen LogP contribution in [0.1, 0.15) is 24.1 Å². The largest absolute Gasteiger partial charge is 0.319 e. The number of hydrogen-bond donors (Lipinski definition) is 1. The molecule has 4 rings (SSSR count). The third kappa shape index (κ3) is 4.69. The lowest BCUT2D eigenvalue weighted by atomic mass is 10.1. The number of hydrogen-bond acceptors (Lipinski definition) is 6. The van der Waals surface area contributed by atoms with Gasteiger partial charge in [-0.1, -0.05) is 66.4 Å². The van der Waals surface area contributed by atoms with E-state index in [-0.39, 0.29) is 28.7 Å². The molecule has 0 aliphatic carbocycles. The molecular formula is C25H22N4O4S. The van der Waals surface area contributed by atoms with E-state index in [2.05, 4.69) is 10.3 Å². The Bertz CT molecular complexity index is 1440. The highest BCUT2D eigenvalue weighted by Crippen LogP contribution is 2.29. The number of amides is 1. The van der Waals surface area contributed by atoms with Gasteiger partial charge in [-0.3, -0.25) is 24.3 Å². The second kappa shape index (κ2) is 9.88. The second-order valence-corrected chi connectivity index (χ2v) is 8.68. The number of aromatic nitrogens is 2. The van der Waals surface area contributed by atoms with Crippen LogP contribution in [0.15, 0.2) is 82.7 Å². The first-order valence-corrected chi connectivity index (χ1v) is 11.6. The molecule has 0 aliphatic rings. The van der Waals surface area contributed by atoms with E-state index >= 15 is 0 Å². The SMILES string of the molecule is Cc1cccc([N+](=O)[O-])c1NC(=O)CSc1nc2ccccc2c(=O)n1C(C)c1ccccc1. The number of nitro groups is 1. The maximum Gasteiger partial charge on any atom is 0.293 e. The Morgan fingerprint density at radius 1 is 1.09 bits per heavy atom. The molecule has 1 atom stereocenters. The molecule has 9 heteroatoms. The number of carbonyl (C=O) groups is 1. The highest BCUT2D eigenvalue weighted by Gasteiger charge is 2.21. The maximum absolute atomic E-state index is 13.4. The average Bonchev–Trinajstić information content (AvgIpc) is 2.84. The Balaban J connectivity index is 1.66. The zero-order valence-corrected chi connectivity index (χ0v) is 19.4. The summed E-state index contributed by atoms with van der Waals surface area (Å²) in [5.41, 5.74) is 1.87. The number of nitro benzene ring substituents is 1. The number of fused-ring (bicyclic) bond motifs is 1. The van der Waals surface area contributed by atoms with Gasteiger partial charge in [0.05, 0.1) is 27.6 Å². The van der Waals surface area contributed by atoms with Crippen molar-refractivity contribution in [1.82, 2.24) is 9.55 Å². The highest BCUT2D eigenvalue weighted by atomic mass is 32.2. The molecule has 0 radical (unpaired) electrons. The summed E-state index contributed by atoms with van der Waals surface area (Å²) in [6.07, 6.45) is 0. The average molecular weight is 475 g/mol. The van der Waals surface area contributed by atoms with Crippen molar-refractivity contribution < 1.29 is 9.72 Å². The number of carbonyl (C=O) groups excluding carboxylic acids is 1. The number of anilines is 1. The van der Waals surface area contributed by atoms with Crippen molar-refractivity contribution in [2.45, 2.75) is 25.0 Å². The lowest BCUT2D eigenvalue weighted by Gasteiger charge is -2.20. The van der Waals surface area contributed by atoms with Gasteiger partial charge in [-0.2, -0.15) is 0 Å². The van der Waals surface area contributed by atoms with Gasteiger partial charge in [0, 0.05) is 6.07 Å². The van der Waals surface area contributed by atoms with E-state index in [4.69, 9.17) is 0 Å². The van der Waals surface area contributed by atoms with E-state index in [1.165, 1.54) is 6.07 Å². The van der Waals surface area contributed by atoms with E-state index in [1.54, 1.807) is 47.9 Å². The van der Waals surface area contributed by atoms with Crippen molar-refractivity contribution in [2.75, 3.05) is 11.1 Å². The fraction of sp³-hybridized carbons (Fsp3) is 0.160. The Morgan fingerprint density at radius 2 is 1.79 bits per heavy atom. The second-order valence-electron chi connectivity index (χ2n) is 7.74. The Hall–Kier alpha value is -3.98. The molecule has 1 amide bonds. The molecule has 1 aromatic heterocycles. The molecule has 34 heavy (non-hydrogen) atoms. The van der Waals surface area contributed by atoms with E-state index < -0.39 is 10.8 Å². The Morgan fingerprint density at radius 3 is 2.53 bits per heavy atom. The lowest BCUT2D eigenvalue weighted by molar-refractivity contribution is -0.384. The Kier molecular flexibility index (Phi) is 6.74. The Labute approximate surface area is 199 Å². The van der Waals surface area contributed by atoms with Crippen LogP contribution >= 0.6 is 11.8 Å². The number of nitrogens with one attached hydrogen (secondary N) is 1. The van der Waals surface area contributed by atoms with Gasteiger partial charge in [0.2, 0.25) is 5.91 Å². The quantitative estimate of drug-likeness (QED) is 0.176. The molecule has 3 aromatic carbocycles. The summed E-state index contributed by atoms with van der Waals surface area (Å²) in [5, 5.41) is 14.9. The first-order valence-electron chi connectivity index (χ1n) is 10.6. The molecule has 172 valence electrons. The molecule has 0 spiro atoms. The van der Waals surface area contributed by atoms with Crippen LogP contribution in [-0.4, -0.2) is 26.1 Å². The molecule has 1 heterocycles. The zero-order chi connectivity index (χ0) is 24.2. The molecule has 0 fully saturated rings. The summed E-state index contributed by atoms with van der Waals surface area (Å²) in [6.45, 7) is 3.61. The zero-order valence-electron chi connectivity index (χ0n) is 18.6. The van der Waals surface area contributed by atoms with Gasteiger partial charge >= 0.3 is 0 Å². The number of aryl methyl sites for hydroxylation is 1. The third-order valence-electron chi connectivity index (χ3n) is 5.49. The van der Waals surface area contributed by atoms with E-state index in [0.717, 1.165) is 17.3 Å². The van der Waals surface area contributed by atoms with E-state index in [9.17, 15) is 19.7 Å². The van der Waals surface area contributed by atoms with Gasteiger partial charge in [-0.05, 0) is 37.1 Å². The molecule has 0 saturated heterocycles. The summed E-state index contributed by atoms with van der Waals surface area (Å²) in [5.74, 6) is -0.499. The lowest BCUT2D eigenvalue weighted by Crippen LogP contribution is -2.27. The first-order chi connectivity index (χ1) is 16.4.